The lowest BCUT2D eigenvalue weighted by atomic mass is 9.85. The summed E-state index contributed by atoms with van der Waals surface area (Å²) in [5.74, 6) is 0.322. The van der Waals surface area contributed by atoms with Crippen molar-refractivity contribution in [2.45, 2.75) is 13.0 Å². The van der Waals surface area contributed by atoms with Gasteiger partial charge in [0.05, 0.1) is 12.0 Å². The zero-order chi connectivity index (χ0) is 9.42. The second kappa shape index (κ2) is 2.83. The van der Waals surface area contributed by atoms with Crippen molar-refractivity contribution in [3.63, 3.8) is 0 Å². The molecule has 0 spiro atoms. The van der Waals surface area contributed by atoms with E-state index in [-0.39, 0.29) is 17.9 Å². The van der Waals surface area contributed by atoms with Crippen LogP contribution in [0.1, 0.15) is 18.5 Å². The van der Waals surface area contributed by atoms with Crippen molar-refractivity contribution >= 4 is 5.91 Å². The van der Waals surface area contributed by atoms with Gasteiger partial charge in [-0.3, -0.25) is 9.78 Å². The van der Waals surface area contributed by atoms with Gasteiger partial charge in [-0.25, -0.2) is 0 Å². The van der Waals surface area contributed by atoms with Gasteiger partial charge in [0.2, 0.25) is 5.91 Å². The molecule has 2 rings (SSSR count). The maximum absolute atomic E-state index is 11.3. The number of amides is 1. The van der Waals surface area contributed by atoms with Crippen LogP contribution in [0.25, 0.3) is 0 Å². The summed E-state index contributed by atoms with van der Waals surface area (Å²) in [5, 5.41) is 0. The van der Waals surface area contributed by atoms with Crippen LogP contribution >= 0.6 is 0 Å². The summed E-state index contributed by atoms with van der Waals surface area (Å²) in [6.45, 7) is 1.96. The summed E-state index contributed by atoms with van der Waals surface area (Å²) in [5.41, 5.74) is 1.12. The van der Waals surface area contributed by atoms with E-state index in [4.69, 9.17) is 0 Å². The molecule has 0 saturated carbocycles. The number of β-lactam (4-membered cyclic amide) rings is 1. The van der Waals surface area contributed by atoms with Crippen molar-refractivity contribution in [2.75, 3.05) is 7.05 Å². The molecule has 0 aliphatic carbocycles. The summed E-state index contributed by atoms with van der Waals surface area (Å²) >= 11 is 0. The van der Waals surface area contributed by atoms with E-state index in [1.54, 1.807) is 11.1 Å². The molecule has 68 valence electrons. The summed E-state index contributed by atoms with van der Waals surface area (Å²) in [6.07, 6.45) is 3.57. The second-order valence-corrected chi connectivity index (χ2v) is 3.47. The highest BCUT2D eigenvalue weighted by molar-refractivity contribution is 5.85. The zero-order valence-corrected chi connectivity index (χ0v) is 7.77. The Balaban J connectivity index is 2.25. The Morgan fingerprint density at radius 1 is 1.54 bits per heavy atom. The summed E-state index contributed by atoms with van der Waals surface area (Å²) in [4.78, 5) is 17.1. The SMILES string of the molecule is CC1C(=O)N(C)C1c1cccnc1. The largest absolute Gasteiger partial charge is 0.338 e. The normalized spacial score (nSPS) is 27.2. The molecular weight excluding hydrogens is 164 g/mol. The van der Waals surface area contributed by atoms with Gasteiger partial charge in [0.25, 0.3) is 0 Å². The fourth-order valence-electron chi connectivity index (χ4n) is 1.91. The van der Waals surface area contributed by atoms with Gasteiger partial charge in [-0.1, -0.05) is 13.0 Å². The Bertz CT molecular complexity index is 311. The van der Waals surface area contributed by atoms with E-state index in [2.05, 4.69) is 4.98 Å². The first-order chi connectivity index (χ1) is 6.22. The predicted octanol–water partition coefficient (Wildman–Crippen LogP) is 1.23. The topological polar surface area (TPSA) is 33.2 Å². The van der Waals surface area contributed by atoms with Crippen LogP contribution in [0, 0.1) is 5.92 Å². The molecule has 3 nitrogen and oxygen atoms in total. The summed E-state index contributed by atoms with van der Waals surface area (Å²) < 4.78 is 0. The van der Waals surface area contributed by atoms with Gasteiger partial charge in [0.1, 0.15) is 0 Å². The van der Waals surface area contributed by atoms with Gasteiger partial charge in [-0.05, 0) is 11.6 Å². The lowest BCUT2D eigenvalue weighted by Gasteiger charge is -2.43. The van der Waals surface area contributed by atoms with E-state index in [0.29, 0.717) is 0 Å². The van der Waals surface area contributed by atoms with Gasteiger partial charge >= 0.3 is 0 Å². The molecule has 0 bridgehead atoms. The quantitative estimate of drug-likeness (QED) is 0.603. The monoisotopic (exact) mass is 176 g/mol. The minimum atomic E-state index is 0.106. The molecule has 0 N–H and O–H groups in total. The summed E-state index contributed by atoms with van der Waals surface area (Å²) in [6, 6.07) is 4.14. The molecule has 1 amide bonds. The lowest BCUT2D eigenvalue weighted by molar-refractivity contribution is -0.152. The molecule has 1 fully saturated rings. The average molecular weight is 176 g/mol. The molecule has 1 aliphatic heterocycles. The molecule has 1 saturated heterocycles. The first-order valence-electron chi connectivity index (χ1n) is 4.38. The van der Waals surface area contributed by atoms with Crippen molar-refractivity contribution in [3.8, 4) is 0 Å². The molecule has 2 heterocycles. The van der Waals surface area contributed by atoms with Crippen molar-refractivity contribution in [2.24, 2.45) is 5.92 Å². The maximum atomic E-state index is 11.3. The Labute approximate surface area is 77.4 Å². The van der Waals surface area contributed by atoms with E-state index in [1.165, 1.54) is 0 Å². The number of hydrogen-bond acceptors (Lipinski definition) is 2. The second-order valence-electron chi connectivity index (χ2n) is 3.47. The first kappa shape index (κ1) is 8.23. The molecule has 1 aromatic heterocycles. The van der Waals surface area contributed by atoms with E-state index in [1.807, 2.05) is 32.3 Å². The van der Waals surface area contributed by atoms with Crippen LogP contribution < -0.4 is 0 Å². The third-order valence-electron chi connectivity index (χ3n) is 2.65. The van der Waals surface area contributed by atoms with Gasteiger partial charge in [0.15, 0.2) is 0 Å². The van der Waals surface area contributed by atoms with Crippen LogP contribution in [0.4, 0.5) is 0 Å². The zero-order valence-electron chi connectivity index (χ0n) is 7.77. The van der Waals surface area contributed by atoms with Crippen molar-refractivity contribution < 1.29 is 4.79 Å². The predicted molar refractivity (Wildman–Crippen MR) is 48.9 cm³/mol. The van der Waals surface area contributed by atoms with Crippen LogP contribution in [0.15, 0.2) is 24.5 Å². The van der Waals surface area contributed by atoms with Crippen molar-refractivity contribution in [1.82, 2.24) is 9.88 Å². The minimum Gasteiger partial charge on any atom is -0.338 e. The molecular formula is C10H12N2O. The smallest absolute Gasteiger partial charge is 0.228 e. The molecule has 0 radical (unpaired) electrons. The third kappa shape index (κ3) is 1.11. The van der Waals surface area contributed by atoms with Crippen LogP contribution in [0.3, 0.4) is 0 Å². The summed E-state index contributed by atoms with van der Waals surface area (Å²) in [7, 11) is 1.83. The fourth-order valence-corrected chi connectivity index (χ4v) is 1.91. The van der Waals surface area contributed by atoms with Crippen LogP contribution in [0.2, 0.25) is 0 Å². The maximum Gasteiger partial charge on any atom is 0.228 e. The number of carbonyl (C=O) groups is 1. The highest BCUT2D eigenvalue weighted by Gasteiger charge is 2.42. The van der Waals surface area contributed by atoms with E-state index >= 15 is 0 Å². The Hall–Kier alpha value is -1.38. The number of pyridine rings is 1. The highest BCUT2D eigenvalue weighted by Crippen LogP contribution is 2.37. The first-order valence-corrected chi connectivity index (χ1v) is 4.38. The van der Waals surface area contributed by atoms with Gasteiger partial charge in [-0.15, -0.1) is 0 Å². The number of likely N-dealkylation sites (tertiary alicyclic amines) is 1. The highest BCUT2D eigenvalue weighted by atomic mass is 16.2. The molecule has 1 aromatic rings. The fraction of sp³-hybridized carbons (Fsp3) is 0.400. The molecule has 1 aliphatic rings. The Kier molecular flexibility index (Phi) is 1.79. The van der Waals surface area contributed by atoms with Crippen LogP contribution in [-0.4, -0.2) is 22.8 Å². The number of carbonyl (C=O) groups excluding carboxylic acids is 1. The van der Waals surface area contributed by atoms with E-state index in [0.717, 1.165) is 5.56 Å². The molecule has 13 heavy (non-hydrogen) atoms. The molecule has 2 atom stereocenters. The van der Waals surface area contributed by atoms with Crippen molar-refractivity contribution in [1.29, 1.82) is 0 Å². The van der Waals surface area contributed by atoms with Gasteiger partial charge < -0.3 is 4.90 Å². The van der Waals surface area contributed by atoms with E-state index < -0.39 is 0 Å². The Morgan fingerprint density at radius 3 is 2.85 bits per heavy atom. The lowest BCUT2D eigenvalue weighted by Crippen LogP contribution is -2.51. The average Bonchev–Trinajstić information content (AvgIpc) is 2.19. The van der Waals surface area contributed by atoms with Gasteiger partial charge in [-0.2, -0.15) is 0 Å². The number of hydrogen-bond donors (Lipinski definition) is 0. The minimum absolute atomic E-state index is 0.106. The number of rotatable bonds is 1. The number of nitrogens with zero attached hydrogens (tertiary/aromatic N) is 2. The van der Waals surface area contributed by atoms with Crippen LogP contribution in [-0.2, 0) is 4.79 Å². The van der Waals surface area contributed by atoms with Crippen LogP contribution in [0.5, 0.6) is 0 Å². The van der Waals surface area contributed by atoms with Gasteiger partial charge in [0, 0.05) is 19.4 Å². The molecule has 3 heteroatoms. The number of aromatic nitrogens is 1. The van der Waals surface area contributed by atoms with Crippen molar-refractivity contribution in [3.05, 3.63) is 30.1 Å². The standard InChI is InChI=1S/C10H12N2O/c1-7-9(12(2)10(7)13)8-4-3-5-11-6-8/h3-7,9H,1-2H3. The third-order valence-corrected chi connectivity index (χ3v) is 2.65. The molecule has 2 unspecified atom stereocenters. The van der Waals surface area contributed by atoms with E-state index in [9.17, 15) is 4.79 Å². The molecule has 0 aromatic carbocycles. The Morgan fingerprint density at radius 2 is 2.31 bits per heavy atom.